The van der Waals surface area contributed by atoms with Gasteiger partial charge in [0.25, 0.3) is 6.71 Å². The minimum absolute atomic E-state index is 0.0652. The summed E-state index contributed by atoms with van der Waals surface area (Å²) < 4.78 is 2.60. The van der Waals surface area contributed by atoms with E-state index in [1.807, 2.05) is 11.3 Å². The van der Waals surface area contributed by atoms with Crippen LogP contribution in [-0.4, -0.2) is 6.71 Å². The molecule has 15 rings (SSSR count). The molecule has 3 nitrogen and oxygen atoms in total. The lowest BCUT2D eigenvalue weighted by molar-refractivity contribution is 0.270. The molecule has 0 radical (unpaired) electrons. The maximum Gasteiger partial charge on any atom is 0.252 e. The van der Waals surface area contributed by atoms with Crippen LogP contribution in [0.5, 0.6) is 0 Å². The third-order valence-electron chi connectivity index (χ3n) is 20.3. The van der Waals surface area contributed by atoms with Crippen LogP contribution in [0.4, 0.5) is 45.5 Å². The third-order valence-corrected chi connectivity index (χ3v) is 21.4. The van der Waals surface area contributed by atoms with Crippen LogP contribution in [0, 0.1) is 0 Å². The molecule has 0 amide bonds. The number of hydrogen-bond donors (Lipinski definition) is 0. The highest BCUT2D eigenvalue weighted by Crippen LogP contribution is 2.67. The zero-order valence-corrected chi connectivity index (χ0v) is 53.3. The summed E-state index contributed by atoms with van der Waals surface area (Å²) in [6.45, 7) is 30.9. The predicted octanol–water partition coefficient (Wildman–Crippen LogP) is 20.3. The first kappa shape index (κ1) is 54.5. The summed E-state index contributed by atoms with van der Waals surface area (Å²) in [5.41, 5.74) is 25.7. The first-order valence-electron chi connectivity index (χ1n) is 31.3. The number of rotatable bonds is 5. The van der Waals surface area contributed by atoms with Crippen LogP contribution >= 0.6 is 11.3 Å². The Morgan fingerprint density at radius 2 is 0.930 bits per heavy atom. The van der Waals surface area contributed by atoms with E-state index in [9.17, 15) is 0 Å². The van der Waals surface area contributed by atoms with Gasteiger partial charge in [0, 0.05) is 65.5 Å². The van der Waals surface area contributed by atoms with Gasteiger partial charge in [-0.05, 0) is 169 Å². The van der Waals surface area contributed by atoms with Gasteiger partial charge in [0.1, 0.15) is 0 Å². The minimum Gasteiger partial charge on any atom is -0.330 e. The molecule has 1 aromatic heterocycles. The van der Waals surface area contributed by atoms with Gasteiger partial charge in [-0.2, -0.15) is 0 Å². The summed E-state index contributed by atoms with van der Waals surface area (Å²) in [7, 11) is 0. The lowest BCUT2D eigenvalue weighted by Crippen LogP contribution is -2.62. The molecule has 0 bridgehead atoms. The summed E-state index contributed by atoms with van der Waals surface area (Å²) in [4.78, 5) is 8.19. The van der Waals surface area contributed by atoms with Crippen molar-refractivity contribution >= 4 is 100 Å². The van der Waals surface area contributed by atoms with Crippen molar-refractivity contribution in [3.63, 3.8) is 0 Å². The van der Waals surface area contributed by atoms with Crippen LogP contribution < -0.4 is 31.1 Å². The number of nitrogens with zero attached hydrogens (tertiary/aromatic N) is 3. The Labute approximate surface area is 515 Å². The van der Waals surface area contributed by atoms with E-state index in [1.54, 1.807) is 0 Å². The first-order chi connectivity index (χ1) is 41.0. The molecule has 0 N–H and O–H groups in total. The van der Waals surface area contributed by atoms with Crippen molar-refractivity contribution in [2.24, 2.45) is 0 Å². The first-order valence-corrected chi connectivity index (χ1v) is 32.1. The molecule has 426 valence electrons. The van der Waals surface area contributed by atoms with Crippen molar-refractivity contribution < 1.29 is 0 Å². The second-order valence-electron chi connectivity index (χ2n) is 29.5. The molecular formula is C81H78BN3S. The van der Waals surface area contributed by atoms with Crippen LogP contribution in [0.2, 0.25) is 0 Å². The lowest BCUT2D eigenvalue weighted by Gasteiger charge is -2.53. The highest BCUT2D eigenvalue weighted by molar-refractivity contribution is 7.25. The van der Waals surface area contributed by atoms with Crippen LogP contribution in [0.25, 0.3) is 31.3 Å². The Morgan fingerprint density at radius 1 is 0.407 bits per heavy atom. The van der Waals surface area contributed by atoms with Gasteiger partial charge in [0.15, 0.2) is 0 Å². The van der Waals surface area contributed by atoms with Crippen molar-refractivity contribution in [1.82, 2.24) is 0 Å². The largest absolute Gasteiger partial charge is 0.330 e. The highest BCUT2D eigenvalue weighted by atomic mass is 32.1. The fourth-order valence-electron chi connectivity index (χ4n) is 15.7. The second kappa shape index (κ2) is 18.9. The van der Waals surface area contributed by atoms with E-state index in [0.717, 1.165) is 18.5 Å². The maximum atomic E-state index is 2.83. The second-order valence-corrected chi connectivity index (χ2v) is 30.6. The average Bonchev–Trinajstić information content (AvgIpc) is 1.43. The predicted molar refractivity (Wildman–Crippen MR) is 372 cm³/mol. The monoisotopic (exact) mass is 1140 g/mol. The molecule has 0 fully saturated rings. The molecule has 0 saturated heterocycles. The van der Waals surface area contributed by atoms with E-state index in [4.69, 9.17) is 0 Å². The average molecular weight is 1140 g/mol. The fraction of sp³-hybridized carbons (Fsp3) is 0.259. The zero-order valence-electron chi connectivity index (χ0n) is 52.4. The van der Waals surface area contributed by atoms with Crippen molar-refractivity contribution in [3.8, 4) is 11.1 Å². The van der Waals surface area contributed by atoms with Gasteiger partial charge < -0.3 is 14.7 Å². The summed E-state index contributed by atoms with van der Waals surface area (Å²) in [6, 6.07) is 83.5. The zero-order chi connectivity index (χ0) is 59.6. The molecule has 0 saturated carbocycles. The maximum absolute atomic E-state index is 2.83. The summed E-state index contributed by atoms with van der Waals surface area (Å²) in [5, 5.41) is 2.61. The Morgan fingerprint density at radius 3 is 1.58 bits per heavy atom. The molecule has 3 aliphatic heterocycles. The molecule has 4 aliphatic rings. The summed E-state index contributed by atoms with van der Waals surface area (Å²) in [5.74, 6) is 0. The molecule has 1 aliphatic carbocycles. The van der Waals surface area contributed by atoms with Crippen LogP contribution in [0.15, 0.2) is 212 Å². The SMILES string of the molecule is CC(C)(C)c1ccc2c(c1)B1c3cc(C(C)(C)C)ccc3N(c3ccc(C(C)(C)C)cc3-c3ccccc3)c3cc(N4c5ccc(C(C)(C)C)cc5C5(c6ccccc6)CCc6ccccc6C45C)cc(c31)N2c1ccc2c(c1)sc1ccccc12. The topological polar surface area (TPSA) is 9.72 Å². The highest BCUT2D eigenvalue weighted by Gasteiger charge is 2.63. The van der Waals surface area contributed by atoms with Gasteiger partial charge in [-0.1, -0.05) is 235 Å². The van der Waals surface area contributed by atoms with Crippen LogP contribution in [0.3, 0.4) is 0 Å². The Balaban J connectivity index is 1.12. The smallest absolute Gasteiger partial charge is 0.252 e. The quantitative estimate of drug-likeness (QED) is 0.159. The van der Waals surface area contributed by atoms with Crippen molar-refractivity contribution in [3.05, 3.63) is 257 Å². The summed E-state index contributed by atoms with van der Waals surface area (Å²) in [6.07, 6.45) is 1.96. The van der Waals surface area contributed by atoms with E-state index >= 15 is 0 Å². The molecule has 11 aromatic rings. The van der Waals surface area contributed by atoms with Crippen LogP contribution in [-0.2, 0) is 39.0 Å². The molecule has 2 atom stereocenters. The number of aryl methyl sites for hydroxylation is 1. The van der Waals surface area contributed by atoms with E-state index in [-0.39, 0.29) is 28.4 Å². The van der Waals surface area contributed by atoms with E-state index < -0.39 is 11.0 Å². The van der Waals surface area contributed by atoms with Gasteiger partial charge in [-0.15, -0.1) is 11.3 Å². The Kier molecular flexibility index (Phi) is 12.0. The molecule has 5 heteroatoms. The standard InChI is InChI=1S/C81H78BN3S/c1-76(2,3)54-32-38-67(62(44-54)51-24-16-14-17-25-51)84-70-41-35-57(79(10,11)12)47-66(70)82-65-46-56(78(7,8)9)34-40-69(65)83(58-36-37-61-60-29-21-23-31-73(60)86-74(61)50-58)71-48-59(49-72(84)75(71)82)85-68-39-33-55(77(4,5)6)45-64(68)81(53-27-18-15-19-28-53)43-42-52-26-20-22-30-63(52)80(81,85)13/h14-41,44-50H,42-43H2,1-13H3. The lowest BCUT2D eigenvalue weighted by atomic mass is 9.33. The number of benzene rings is 10. The van der Waals surface area contributed by atoms with Gasteiger partial charge in [0.05, 0.1) is 16.6 Å². The number of hydrogen-bond acceptors (Lipinski definition) is 4. The van der Waals surface area contributed by atoms with Gasteiger partial charge in [-0.25, -0.2) is 0 Å². The van der Waals surface area contributed by atoms with Crippen molar-refractivity contribution in [2.45, 2.75) is 135 Å². The molecule has 0 spiro atoms. The van der Waals surface area contributed by atoms with Gasteiger partial charge in [0.2, 0.25) is 0 Å². The molecule has 2 unspecified atom stereocenters. The number of anilines is 8. The van der Waals surface area contributed by atoms with Crippen LogP contribution in [0.1, 0.15) is 141 Å². The Bertz CT molecular complexity index is 4560. The normalized spacial score (nSPS) is 18.0. The van der Waals surface area contributed by atoms with E-state index in [2.05, 4.69) is 317 Å². The Hall–Kier alpha value is -8.12. The van der Waals surface area contributed by atoms with Crippen molar-refractivity contribution in [2.75, 3.05) is 14.7 Å². The van der Waals surface area contributed by atoms with Gasteiger partial charge >= 0.3 is 0 Å². The van der Waals surface area contributed by atoms with Gasteiger partial charge in [-0.3, -0.25) is 0 Å². The number of thiophene rings is 1. The molecule has 4 heterocycles. The third kappa shape index (κ3) is 8.05. The fourth-order valence-corrected chi connectivity index (χ4v) is 16.8. The summed E-state index contributed by atoms with van der Waals surface area (Å²) >= 11 is 1.90. The van der Waals surface area contributed by atoms with E-state index in [1.165, 1.54) is 132 Å². The van der Waals surface area contributed by atoms with Crippen molar-refractivity contribution in [1.29, 1.82) is 0 Å². The molecule has 86 heavy (non-hydrogen) atoms. The van der Waals surface area contributed by atoms with E-state index in [0.29, 0.717) is 0 Å². The number of fused-ring (bicyclic) bond motifs is 12. The molecular weight excluding hydrogens is 1060 g/mol. The minimum atomic E-state index is -0.569. The molecule has 10 aromatic carbocycles.